The maximum atomic E-state index is 10.8. The molecule has 3 rings (SSSR count). The standard InChI is InChI=1S/C23H27NO2S/c1-16-9-10-19-18(12-16)22-20(25)13-17(14-21(22)26-23(19,2)3)8-6-4-5-7-11-24-15-27/h9,13-14,18-19,25H,5,7-8,10-12H2,1-3H3/t18?,19-/m1/s1. The summed E-state index contributed by atoms with van der Waals surface area (Å²) >= 11 is 4.54. The van der Waals surface area contributed by atoms with Crippen LogP contribution in [0.2, 0.25) is 0 Å². The number of ether oxygens (including phenoxy) is 1. The number of nitrogens with zero attached hydrogens (tertiary/aromatic N) is 1. The van der Waals surface area contributed by atoms with Gasteiger partial charge in [0, 0.05) is 30.2 Å². The van der Waals surface area contributed by atoms with E-state index in [1.54, 1.807) is 0 Å². The number of hydrogen-bond acceptors (Lipinski definition) is 4. The van der Waals surface area contributed by atoms with E-state index < -0.39 is 0 Å². The Kier molecular flexibility index (Phi) is 6.05. The van der Waals surface area contributed by atoms with E-state index in [4.69, 9.17) is 4.74 Å². The highest BCUT2D eigenvalue weighted by molar-refractivity contribution is 7.78. The molecule has 0 radical (unpaired) electrons. The van der Waals surface area contributed by atoms with Crippen molar-refractivity contribution in [2.75, 3.05) is 6.54 Å². The van der Waals surface area contributed by atoms with Crippen LogP contribution in [-0.2, 0) is 6.42 Å². The van der Waals surface area contributed by atoms with Gasteiger partial charge in [-0.25, -0.2) is 4.99 Å². The van der Waals surface area contributed by atoms with E-state index in [1.165, 1.54) is 5.57 Å². The molecule has 0 spiro atoms. The number of thiocarbonyl (C=S) groups is 1. The van der Waals surface area contributed by atoms with Crippen molar-refractivity contribution in [2.45, 2.75) is 64.4 Å². The maximum Gasteiger partial charge on any atom is 0.127 e. The minimum absolute atomic E-state index is 0.242. The summed E-state index contributed by atoms with van der Waals surface area (Å²) in [6, 6.07) is 3.92. The molecule has 1 unspecified atom stereocenters. The lowest BCUT2D eigenvalue weighted by atomic mass is 9.67. The first-order valence-electron chi connectivity index (χ1n) is 9.62. The third kappa shape index (κ3) is 4.43. The Morgan fingerprint density at radius 2 is 2.15 bits per heavy atom. The molecule has 1 aromatic carbocycles. The highest BCUT2D eigenvalue weighted by atomic mass is 32.1. The molecule has 1 heterocycles. The number of unbranched alkanes of at least 4 members (excludes halogenated alkanes) is 1. The summed E-state index contributed by atoms with van der Waals surface area (Å²) in [6.45, 7) is 7.18. The summed E-state index contributed by atoms with van der Waals surface area (Å²) in [5.41, 5.74) is 3.12. The molecule has 2 atom stereocenters. The van der Waals surface area contributed by atoms with Gasteiger partial charge in [-0.2, -0.15) is 0 Å². The van der Waals surface area contributed by atoms with Gasteiger partial charge in [0.15, 0.2) is 0 Å². The van der Waals surface area contributed by atoms with E-state index in [1.807, 2.05) is 6.07 Å². The number of fused-ring (bicyclic) bond motifs is 3. The summed E-state index contributed by atoms with van der Waals surface area (Å²) in [7, 11) is 0. The van der Waals surface area contributed by atoms with Crippen molar-refractivity contribution in [3.05, 3.63) is 34.9 Å². The van der Waals surface area contributed by atoms with E-state index in [9.17, 15) is 5.11 Å². The molecule has 1 aromatic rings. The molecule has 27 heavy (non-hydrogen) atoms. The van der Waals surface area contributed by atoms with Crippen LogP contribution in [0.4, 0.5) is 0 Å². The van der Waals surface area contributed by atoms with Crippen molar-refractivity contribution in [3.8, 4) is 23.3 Å². The smallest absolute Gasteiger partial charge is 0.127 e. The number of isothiocyanates is 1. The lowest BCUT2D eigenvalue weighted by Crippen LogP contribution is -2.45. The van der Waals surface area contributed by atoms with E-state index in [-0.39, 0.29) is 5.60 Å². The summed E-state index contributed by atoms with van der Waals surface area (Å²) in [6.07, 6.45) is 6.59. The third-order valence-corrected chi connectivity index (χ3v) is 5.75. The SMILES string of the molecule is CC1=CC[C@@H]2C(C1)c1c(O)cc(CC#CCCCN=C=S)cc1OC2(C)C. The minimum Gasteiger partial charge on any atom is -0.508 e. The van der Waals surface area contributed by atoms with Crippen molar-refractivity contribution < 1.29 is 9.84 Å². The van der Waals surface area contributed by atoms with Crippen LogP contribution in [0.5, 0.6) is 11.5 Å². The van der Waals surface area contributed by atoms with Gasteiger partial charge < -0.3 is 9.84 Å². The predicted octanol–water partition coefficient (Wildman–Crippen LogP) is 5.43. The Morgan fingerprint density at radius 3 is 2.93 bits per heavy atom. The number of hydrogen-bond donors (Lipinski definition) is 1. The van der Waals surface area contributed by atoms with Crippen LogP contribution in [0.25, 0.3) is 0 Å². The number of allylic oxidation sites excluding steroid dienone is 2. The highest BCUT2D eigenvalue weighted by Crippen LogP contribution is 2.54. The highest BCUT2D eigenvalue weighted by Gasteiger charge is 2.45. The van der Waals surface area contributed by atoms with Crippen molar-refractivity contribution in [1.82, 2.24) is 0 Å². The molecule has 4 heteroatoms. The summed E-state index contributed by atoms with van der Waals surface area (Å²) < 4.78 is 6.35. The Hall–Kier alpha value is -2.08. The van der Waals surface area contributed by atoms with Crippen molar-refractivity contribution in [3.63, 3.8) is 0 Å². The molecule has 0 fully saturated rings. The second-order valence-corrected chi connectivity index (χ2v) is 8.23. The normalized spacial score (nSPS) is 22.1. The lowest BCUT2D eigenvalue weighted by Gasteiger charge is -2.47. The quantitative estimate of drug-likeness (QED) is 0.248. The zero-order valence-corrected chi connectivity index (χ0v) is 17.2. The number of phenolic OH excluding ortho intramolecular Hbond substituents is 1. The van der Waals surface area contributed by atoms with Gasteiger partial charge in [-0.3, -0.25) is 0 Å². The van der Waals surface area contributed by atoms with Gasteiger partial charge in [-0.1, -0.05) is 17.6 Å². The number of benzene rings is 1. The second kappa shape index (κ2) is 8.30. The van der Waals surface area contributed by atoms with Crippen LogP contribution >= 0.6 is 12.2 Å². The van der Waals surface area contributed by atoms with Gasteiger partial charge in [0.25, 0.3) is 0 Å². The molecule has 3 nitrogen and oxygen atoms in total. The molecule has 0 aromatic heterocycles. The molecular weight excluding hydrogens is 354 g/mol. The number of aromatic hydroxyl groups is 1. The van der Waals surface area contributed by atoms with E-state index in [0.29, 0.717) is 30.6 Å². The van der Waals surface area contributed by atoms with Gasteiger partial charge in [0.1, 0.15) is 17.1 Å². The topological polar surface area (TPSA) is 41.8 Å². The zero-order chi connectivity index (χ0) is 19.4. The lowest BCUT2D eigenvalue weighted by molar-refractivity contribution is 0.00754. The van der Waals surface area contributed by atoms with Gasteiger partial charge in [0.2, 0.25) is 0 Å². The van der Waals surface area contributed by atoms with Crippen LogP contribution in [0.3, 0.4) is 0 Å². The molecule has 0 amide bonds. The van der Waals surface area contributed by atoms with E-state index >= 15 is 0 Å². The van der Waals surface area contributed by atoms with Gasteiger partial charge in [0.05, 0.1) is 11.7 Å². The number of rotatable bonds is 4. The molecule has 0 bridgehead atoms. The van der Waals surface area contributed by atoms with E-state index in [0.717, 1.165) is 42.6 Å². The Labute approximate surface area is 167 Å². The third-order valence-electron chi connectivity index (χ3n) is 5.62. The first kappa shape index (κ1) is 19.7. The summed E-state index contributed by atoms with van der Waals surface area (Å²) in [5, 5.41) is 13.1. The maximum absolute atomic E-state index is 10.8. The monoisotopic (exact) mass is 381 g/mol. The Bertz CT molecular complexity index is 853. The molecule has 0 saturated carbocycles. The van der Waals surface area contributed by atoms with Crippen LogP contribution in [0.15, 0.2) is 28.8 Å². The van der Waals surface area contributed by atoms with Crippen LogP contribution in [0.1, 0.15) is 63.5 Å². The van der Waals surface area contributed by atoms with Crippen molar-refractivity contribution >= 4 is 17.4 Å². The van der Waals surface area contributed by atoms with Gasteiger partial charge >= 0.3 is 0 Å². The number of aliphatic imine (C=N–C) groups is 1. The second-order valence-electron chi connectivity index (χ2n) is 8.04. The van der Waals surface area contributed by atoms with Crippen molar-refractivity contribution in [1.29, 1.82) is 0 Å². The number of phenols is 1. The predicted molar refractivity (Wildman–Crippen MR) is 113 cm³/mol. The first-order chi connectivity index (χ1) is 12.9. The molecule has 1 N–H and O–H groups in total. The summed E-state index contributed by atoms with van der Waals surface area (Å²) in [4.78, 5) is 3.88. The molecule has 1 aliphatic heterocycles. The van der Waals surface area contributed by atoms with Gasteiger partial charge in [-0.15, -0.1) is 5.92 Å². The van der Waals surface area contributed by atoms with E-state index in [2.05, 4.69) is 67.1 Å². The molecule has 142 valence electrons. The van der Waals surface area contributed by atoms with Crippen LogP contribution in [0, 0.1) is 17.8 Å². The zero-order valence-electron chi connectivity index (χ0n) is 16.3. The van der Waals surface area contributed by atoms with Crippen LogP contribution in [-0.4, -0.2) is 22.4 Å². The molecule has 2 aliphatic rings. The van der Waals surface area contributed by atoms with Crippen molar-refractivity contribution in [2.24, 2.45) is 10.9 Å². The fourth-order valence-electron chi connectivity index (χ4n) is 4.27. The largest absolute Gasteiger partial charge is 0.508 e. The summed E-state index contributed by atoms with van der Waals surface area (Å²) in [5.74, 6) is 8.21. The fourth-order valence-corrected chi connectivity index (χ4v) is 4.36. The van der Waals surface area contributed by atoms with Crippen LogP contribution < -0.4 is 4.74 Å². The first-order valence-corrected chi connectivity index (χ1v) is 10.0. The fraction of sp³-hybridized carbons (Fsp3) is 0.522. The Balaban J connectivity index is 1.79. The molecule has 1 aliphatic carbocycles. The molecule has 0 saturated heterocycles. The van der Waals surface area contributed by atoms with Gasteiger partial charge in [-0.05, 0) is 69.9 Å². The average molecular weight is 382 g/mol. The molecular formula is C23H27NO2S. The Morgan fingerprint density at radius 1 is 1.33 bits per heavy atom. The average Bonchev–Trinajstić information content (AvgIpc) is 2.59. The minimum atomic E-state index is -0.242.